The number of benzene rings is 1. The maximum absolute atomic E-state index is 12.0. The molecule has 19 heavy (non-hydrogen) atoms. The Kier molecular flexibility index (Phi) is 2.62. The van der Waals surface area contributed by atoms with Crippen molar-refractivity contribution in [3.05, 3.63) is 35.4 Å². The first kappa shape index (κ1) is 11.9. The highest BCUT2D eigenvalue weighted by molar-refractivity contribution is 6.21. The lowest BCUT2D eigenvalue weighted by Gasteiger charge is -2.13. The summed E-state index contributed by atoms with van der Waals surface area (Å²) >= 11 is 0. The van der Waals surface area contributed by atoms with Crippen molar-refractivity contribution in [1.82, 2.24) is 4.90 Å². The molecule has 5 nitrogen and oxygen atoms in total. The van der Waals surface area contributed by atoms with Crippen LogP contribution in [-0.4, -0.2) is 29.4 Å². The first-order chi connectivity index (χ1) is 9.09. The molecule has 0 N–H and O–H groups in total. The van der Waals surface area contributed by atoms with Gasteiger partial charge in [0.25, 0.3) is 11.8 Å². The van der Waals surface area contributed by atoms with Crippen LogP contribution in [0.3, 0.4) is 0 Å². The molecule has 1 aliphatic heterocycles. The molecule has 2 aliphatic rings. The number of carbonyl (C=O) groups excluding carboxylic acids is 3. The van der Waals surface area contributed by atoms with E-state index >= 15 is 0 Å². The third-order valence-corrected chi connectivity index (χ3v) is 3.63. The van der Waals surface area contributed by atoms with Crippen LogP contribution < -0.4 is 0 Å². The molecule has 98 valence electrons. The van der Waals surface area contributed by atoms with Crippen LogP contribution in [0, 0.1) is 11.8 Å². The quantitative estimate of drug-likeness (QED) is 0.608. The van der Waals surface area contributed by atoms with Gasteiger partial charge in [0.1, 0.15) is 0 Å². The number of fused-ring (bicyclic) bond motifs is 1. The topological polar surface area (TPSA) is 63.7 Å². The molecule has 3 rings (SSSR count). The first-order valence-electron chi connectivity index (χ1n) is 6.21. The highest BCUT2D eigenvalue weighted by Crippen LogP contribution is 2.38. The molecule has 0 spiro atoms. The molecule has 0 unspecified atom stereocenters. The number of esters is 1. The number of ether oxygens (including phenoxy) is 1. The number of amides is 2. The number of carbonyl (C=O) groups is 3. The summed E-state index contributed by atoms with van der Waals surface area (Å²) in [6.07, 6.45) is 0.820. The Balaban J connectivity index is 1.69. The molecule has 1 aliphatic carbocycles. The molecule has 1 aromatic rings. The lowest BCUT2D eigenvalue weighted by Crippen LogP contribution is -2.33. The second-order valence-electron chi connectivity index (χ2n) is 5.00. The Bertz CT molecular complexity index is 546. The minimum atomic E-state index is -0.405. The number of hydrogen-bond donors (Lipinski definition) is 0. The van der Waals surface area contributed by atoms with Crippen LogP contribution in [0.1, 0.15) is 34.1 Å². The van der Waals surface area contributed by atoms with E-state index in [0.29, 0.717) is 17.0 Å². The standard InChI is InChI=1S/C14H13NO4/c1-8-6-11(8)14(18)19-7-15-12(16)9-4-2-3-5-10(9)13(15)17/h2-5,8,11H,6-7H2,1H3/t8-,11-/m1/s1. The summed E-state index contributed by atoms with van der Waals surface area (Å²) < 4.78 is 5.04. The van der Waals surface area contributed by atoms with Gasteiger partial charge in [-0.15, -0.1) is 0 Å². The largest absolute Gasteiger partial charge is 0.443 e. The van der Waals surface area contributed by atoms with Gasteiger partial charge in [0, 0.05) is 0 Å². The number of nitrogens with zero attached hydrogens (tertiary/aromatic N) is 1. The van der Waals surface area contributed by atoms with Crippen LogP contribution in [0.2, 0.25) is 0 Å². The Labute approximate surface area is 110 Å². The normalized spacial score (nSPS) is 24.4. The summed E-state index contributed by atoms with van der Waals surface area (Å²) in [5.74, 6) is -0.872. The van der Waals surface area contributed by atoms with Gasteiger partial charge in [-0.3, -0.25) is 14.4 Å². The SMILES string of the molecule is C[C@@H]1C[C@H]1C(=O)OCN1C(=O)c2ccccc2C1=O. The number of imide groups is 1. The van der Waals surface area contributed by atoms with Gasteiger partial charge in [-0.05, 0) is 24.5 Å². The maximum atomic E-state index is 12.0. The molecule has 0 aromatic heterocycles. The molecular formula is C14H13NO4. The fourth-order valence-corrected chi connectivity index (χ4v) is 2.24. The Morgan fingerprint density at radius 3 is 2.26 bits per heavy atom. The highest BCUT2D eigenvalue weighted by Gasteiger charge is 2.42. The predicted molar refractivity (Wildman–Crippen MR) is 65.2 cm³/mol. The van der Waals surface area contributed by atoms with Gasteiger partial charge in [0.05, 0.1) is 17.0 Å². The molecule has 1 heterocycles. The van der Waals surface area contributed by atoms with Crippen molar-refractivity contribution in [2.75, 3.05) is 6.73 Å². The summed E-state index contributed by atoms with van der Waals surface area (Å²) in [5.41, 5.74) is 0.728. The molecule has 0 bridgehead atoms. The smallest absolute Gasteiger partial charge is 0.310 e. The molecular weight excluding hydrogens is 246 g/mol. The van der Waals surface area contributed by atoms with E-state index in [1.54, 1.807) is 24.3 Å². The molecule has 2 amide bonds. The van der Waals surface area contributed by atoms with Crippen molar-refractivity contribution in [2.24, 2.45) is 11.8 Å². The van der Waals surface area contributed by atoms with Crippen LogP contribution in [0.5, 0.6) is 0 Å². The van der Waals surface area contributed by atoms with Crippen LogP contribution in [-0.2, 0) is 9.53 Å². The lowest BCUT2D eigenvalue weighted by atomic mass is 10.1. The van der Waals surface area contributed by atoms with Gasteiger partial charge in [0.15, 0.2) is 6.73 Å². The van der Waals surface area contributed by atoms with E-state index in [-0.39, 0.29) is 18.6 Å². The fourth-order valence-electron chi connectivity index (χ4n) is 2.24. The molecule has 0 radical (unpaired) electrons. The first-order valence-corrected chi connectivity index (χ1v) is 6.21. The summed E-state index contributed by atoms with van der Waals surface area (Å²) in [6.45, 7) is 1.67. The summed E-state index contributed by atoms with van der Waals surface area (Å²) in [5, 5.41) is 0. The lowest BCUT2D eigenvalue weighted by molar-refractivity contribution is -0.148. The van der Waals surface area contributed by atoms with Crippen LogP contribution in [0.15, 0.2) is 24.3 Å². The molecule has 1 fully saturated rings. The van der Waals surface area contributed by atoms with Gasteiger partial charge in [-0.2, -0.15) is 0 Å². The third-order valence-electron chi connectivity index (χ3n) is 3.63. The van der Waals surface area contributed by atoms with E-state index in [9.17, 15) is 14.4 Å². The zero-order valence-corrected chi connectivity index (χ0v) is 10.5. The minimum Gasteiger partial charge on any atom is -0.443 e. The molecule has 1 saturated carbocycles. The second kappa shape index (κ2) is 4.19. The van der Waals surface area contributed by atoms with Crippen molar-refractivity contribution in [3.8, 4) is 0 Å². The maximum Gasteiger partial charge on any atom is 0.310 e. The van der Waals surface area contributed by atoms with Crippen molar-refractivity contribution >= 4 is 17.8 Å². The Hall–Kier alpha value is -2.17. The monoisotopic (exact) mass is 259 g/mol. The molecule has 1 aromatic carbocycles. The Morgan fingerprint density at radius 2 is 1.79 bits per heavy atom. The molecule has 5 heteroatoms. The third kappa shape index (κ3) is 1.91. The Morgan fingerprint density at radius 1 is 1.26 bits per heavy atom. The average molecular weight is 259 g/mol. The van der Waals surface area contributed by atoms with Crippen molar-refractivity contribution in [2.45, 2.75) is 13.3 Å². The van der Waals surface area contributed by atoms with Gasteiger partial charge in [-0.25, -0.2) is 4.90 Å². The van der Waals surface area contributed by atoms with E-state index in [2.05, 4.69) is 0 Å². The zero-order valence-electron chi connectivity index (χ0n) is 10.5. The van der Waals surface area contributed by atoms with Gasteiger partial charge >= 0.3 is 5.97 Å². The van der Waals surface area contributed by atoms with Gasteiger partial charge in [-0.1, -0.05) is 19.1 Å². The van der Waals surface area contributed by atoms with E-state index in [1.807, 2.05) is 6.92 Å². The van der Waals surface area contributed by atoms with Crippen LogP contribution in [0.4, 0.5) is 0 Å². The minimum absolute atomic E-state index is 0.0739. The van der Waals surface area contributed by atoms with Crippen molar-refractivity contribution in [3.63, 3.8) is 0 Å². The van der Waals surface area contributed by atoms with Crippen LogP contribution in [0.25, 0.3) is 0 Å². The van der Waals surface area contributed by atoms with Crippen molar-refractivity contribution < 1.29 is 19.1 Å². The second-order valence-corrected chi connectivity index (χ2v) is 5.00. The zero-order chi connectivity index (χ0) is 13.6. The van der Waals surface area contributed by atoms with E-state index in [4.69, 9.17) is 4.74 Å². The van der Waals surface area contributed by atoms with Gasteiger partial charge in [0.2, 0.25) is 0 Å². The van der Waals surface area contributed by atoms with E-state index in [1.165, 1.54) is 0 Å². The molecule has 2 atom stereocenters. The predicted octanol–water partition coefficient (Wildman–Crippen LogP) is 1.44. The summed E-state index contributed by atoms with van der Waals surface area (Å²) in [7, 11) is 0. The van der Waals surface area contributed by atoms with E-state index < -0.39 is 11.8 Å². The van der Waals surface area contributed by atoms with Crippen LogP contribution >= 0.6 is 0 Å². The average Bonchev–Trinajstić information content (AvgIpc) is 3.09. The number of rotatable bonds is 3. The summed E-state index contributed by atoms with van der Waals surface area (Å²) in [4.78, 5) is 36.5. The van der Waals surface area contributed by atoms with E-state index in [0.717, 1.165) is 11.3 Å². The van der Waals surface area contributed by atoms with Crippen molar-refractivity contribution in [1.29, 1.82) is 0 Å². The number of hydrogen-bond acceptors (Lipinski definition) is 4. The highest BCUT2D eigenvalue weighted by atomic mass is 16.5. The molecule has 0 saturated heterocycles. The summed E-state index contributed by atoms with van der Waals surface area (Å²) in [6, 6.07) is 6.59. The van der Waals surface area contributed by atoms with Gasteiger partial charge < -0.3 is 4.74 Å². The fraction of sp³-hybridized carbons (Fsp3) is 0.357.